The van der Waals surface area contributed by atoms with Crippen molar-refractivity contribution < 1.29 is 9.21 Å². The largest absolute Gasteiger partial charge is 0.421 e. The molecule has 0 unspecified atom stereocenters. The molecule has 2 aromatic rings. The Morgan fingerprint density at radius 2 is 2.10 bits per heavy atom. The van der Waals surface area contributed by atoms with Gasteiger partial charge in [-0.3, -0.25) is 4.98 Å². The average molecular weight is 273 g/mol. The molecule has 0 saturated carbocycles. The van der Waals surface area contributed by atoms with Crippen molar-refractivity contribution >= 4 is 11.7 Å². The second-order valence-electron chi connectivity index (χ2n) is 4.50. The van der Waals surface area contributed by atoms with Crippen LogP contribution in [0, 0.1) is 0 Å². The van der Waals surface area contributed by atoms with E-state index in [1.807, 2.05) is 13.8 Å². The van der Waals surface area contributed by atoms with Gasteiger partial charge in [0.05, 0.1) is 0 Å². The van der Waals surface area contributed by atoms with Gasteiger partial charge in [-0.2, -0.15) is 0 Å². The highest BCUT2D eigenvalue weighted by Crippen LogP contribution is 2.17. The summed E-state index contributed by atoms with van der Waals surface area (Å²) in [6.07, 6.45) is 3.23. The number of aromatic nitrogens is 1. The molecule has 2 N–H and O–H groups in total. The number of nitrogens with one attached hydrogen (secondary N) is 2. The van der Waals surface area contributed by atoms with Crippen LogP contribution < -0.4 is 16.3 Å². The number of amides is 2. The standard InChI is InChI=1S/C14H15N3O3/c1-9(2)16-14(19)17-11-5-6-12(20-13(11)18)10-4-3-7-15-8-10/h3-9H,1-2H3,(H2,16,17,19). The topological polar surface area (TPSA) is 84.2 Å². The van der Waals surface area contributed by atoms with Gasteiger partial charge in [-0.25, -0.2) is 9.59 Å². The van der Waals surface area contributed by atoms with Crippen molar-refractivity contribution in [2.24, 2.45) is 0 Å². The van der Waals surface area contributed by atoms with Gasteiger partial charge in [0.1, 0.15) is 11.4 Å². The van der Waals surface area contributed by atoms with E-state index in [0.29, 0.717) is 11.3 Å². The third-order valence-corrected chi connectivity index (χ3v) is 2.44. The molecule has 0 aliphatic heterocycles. The molecule has 0 fully saturated rings. The highest BCUT2D eigenvalue weighted by atomic mass is 16.4. The lowest BCUT2D eigenvalue weighted by molar-refractivity contribution is 0.250. The van der Waals surface area contributed by atoms with Gasteiger partial charge in [0, 0.05) is 24.0 Å². The molecule has 0 aliphatic rings. The number of urea groups is 1. The van der Waals surface area contributed by atoms with Gasteiger partial charge in [-0.1, -0.05) is 0 Å². The van der Waals surface area contributed by atoms with Crippen molar-refractivity contribution in [3.8, 4) is 11.3 Å². The van der Waals surface area contributed by atoms with Crippen molar-refractivity contribution in [3.63, 3.8) is 0 Å². The van der Waals surface area contributed by atoms with Crippen LogP contribution in [0.5, 0.6) is 0 Å². The Balaban J connectivity index is 2.19. The van der Waals surface area contributed by atoms with E-state index in [4.69, 9.17) is 4.42 Å². The monoisotopic (exact) mass is 273 g/mol. The fourth-order valence-corrected chi connectivity index (χ4v) is 1.59. The zero-order valence-corrected chi connectivity index (χ0v) is 11.2. The lowest BCUT2D eigenvalue weighted by Crippen LogP contribution is -2.35. The maximum absolute atomic E-state index is 11.8. The number of hydrogen-bond acceptors (Lipinski definition) is 4. The number of rotatable bonds is 3. The zero-order valence-electron chi connectivity index (χ0n) is 11.2. The highest BCUT2D eigenvalue weighted by molar-refractivity contribution is 5.89. The summed E-state index contributed by atoms with van der Waals surface area (Å²) in [6, 6.07) is 6.19. The molecule has 2 amide bonds. The summed E-state index contributed by atoms with van der Waals surface area (Å²) in [5.74, 6) is 0.401. The summed E-state index contributed by atoms with van der Waals surface area (Å²) in [6.45, 7) is 3.65. The van der Waals surface area contributed by atoms with Gasteiger partial charge in [0.2, 0.25) is 0 Å². The van der Waals surface area contributed by atoms with E-state index in [9.17, 15) is 9.59 Å². The van der Waals surface area contributed by atoms with Crippen LogP contribution in [0.25, 0.3) is 11.3 Å². The van der Waals surface area contributed by atoms with Gasteiger partial charge in [0.25, 0.3) is 0 Å². The minimum absolute atomic E-state index is 0.0169. The first-order chi connectivity index (χ1) is 9.56. The second-order valence-corrected chi connectivity index (χ2v) is 4.50. The van der Waals surface area contributed by atoms with E-state index < -0.39 is 11.7 Å². The third-order valence-electron chi connectivity index (χ3n) is 2.44. The lowest BCUT2D eigenvalue weighted by Gasteiger charge is -2.09. The van der Waals surface area contributed by atoms with Crippen molar-refractivity contribution in [1.29, 1.82) is 0 Å². The van der Waals surface area contributed by atoms with Crippen molar-refractivity contribution in [3.05, 3.63) is 47.1 Å². The van der Waals surface area contributed by atoms with Crippen LogP contribution >= 0.6 is 0 Å². The van der Waals surface area contributed by atoms with Crippen molar-refractivity contribution in [1.82, 2.24) is 10.3 Å². The fraction of sp³-hybridized carbons (Fsp3) is 0.214. The molecular weight excluding hydrogens is 258 g/mol. The molecule has 6 heteroatoms. The maximum Gasteiger partial charge on any atom is 0.360 e. The molecule has 0 bridgehead atoms. The summed E-state index contributed by atoms with van der Waals surface area (Å²) >= 11 is 0. The molecule has 2 heterocycles. The minimum Gasteiger partial charge on any atom is -0.421 e. The van der Waals surface area contributed by atoms with Crippen LogP contribution in [0.4, 0.5) is 10.5 Å². The number of carbonyl (C=O) groups is 1. The number of pyridine rings is 1. The predicted octanol–water partition coefficient (Wildman–Crippen LogP) is 2.23. The zero-order chi connectivity index (χ0) is 14.5. The summed E-state index contributed by atoms with van der Waals surface area (Å²) in [4.78, 5) is 27.3. The molecule has 0 saturated heterocycles. The molecule has 0 atom stereocenters. The number of carbonyl (C=O) groups excluding carboxylic acids is 1. The Bertz CT molecular complexity index is 650. The molecule has 0 aromatic carbocycles. The fourth-order valence-electron chi connectivity index (χ4n) is 1.59. The van der Waals surface area contributed by atoms with Crippen LogP contribution in [-0.2, 0) is 0 Å². The number of nitrogens with zero attached hydrogens (tertiary/aromatic N) is 1. The molecule has 2 rings (SSSR count). The molecule has 2 aromatic heterocycles. The smallest absolute Gasteiger partial charge is 0.360 e. The molecule has 0 radical (unpaired) electrons. The van der Waals surface area contributed by atoms with Gasteiger partial charge < -0.3 is 15.1 Å². The summed E-state index contributed by atoms with van der Waals surface area (Å²) in [5.41, 5.74) is 0.184. The van der Waals surface area contributed by atoms with Gasteiger partial charge in [-0.05, 0) is 38.1 Å². The van der Waals surface area contributed by atoms with Gasteiger partial charge in [0.15, 0.2) is 0 Å². The van der Waals surface area contributed by atoms with Crippen LogP contribution in [0.1, 0.15) is 13.8 Å². The molecule has 6 nitrogen and oxygen atoms in total. The van der Waals surface area contributed by atoms with Crippen LogP contribution in [0.3, 0.4) is 0 Å². The Kier molecular flexibility index (Phi) is 4.14. The first-order valence-corrected chi connectivity index (χ1v) is 6.18. The van der Waals surface area contributed by atoms with Crippen LogP contribution in [0.2, 0.25) is 0 Å². The quantitative estimate of drug-likeness (QED) is 0.898. The van der Waals surface area contributed by atoms with Crippen molar-refractivity contribution in [2.75, 3.05) is 5.32 Å². The first-order valence-electron chi connectivity index (χ1n) is 6.18. The van der Waals surface area contributed by atoms with E-state index in [2.05, 4.69) is 15.6 Å². The maximum atomic E-state index is 11.8. The Morgan fingerprint density at radius 1 is 1.30 bits per heavy atom. The highest BCUT2D eigenvalue weighted by Gasteiger charge is 2.09. The Morgan fingerprint density at radius 3 is 2.70 bits per heavy atom. The van der Waals surface area contributed by atoms with Crippen LogP contribution in [0.15, 0.2) is 45.9 Å². The van der Waals surface area contributed by atoms with E-state index in [1.165, 1.54) is 6.07 Å². The molecule has 0 aliphatic carbocycles. The molecule has 20 heavy (non-hydrogen) atoms. The van der Waals surface area contributed by atoms with Gasteiger partial charge in [-0.15, -0.1) is 0 Å². The van der Waals surface area contributed by atoms with E-state index in [1.54, 1.807) is 30.6 Å². The second kappa shape index (κ2) is 6.01. The lowest BCUT2D eigenvalue weighted by atomic mass is 10.2. The number of hydrogen-bond donors (Lipinski definition) is 2. The van der Waals surface area contributed by atoms with Crippen molar-refractivity contribution in [2.45, 2.75) is 19.9 Å². The molecule has 0 spiro atoms. The Hall–Kier alpha value is -2.63. The van der Waals surface area contributed by atoms with Crippen LogP contribution in [-0.4, -0.2) is 17.1 Å². The minimum atomic E-state index is -0.606. The average Bonchev–Trinajstić information content (AvgIpc) is 2.41. The summed E-state index contributed by atoms with van der Waals surface area (Å²) in [7, 11) is 0. The number of anilines is 1. The SMILES string of the molecule is CC(C)NC(=O)Nc1ccc(-c2cccnc2)oc1=O. The normalized spacial score (nSPS) is 10.3. The van der Waals surface area contributed by atoms with E-state index in [0.717, 1.165) is 0 Å². The first kappa shape index (κ1) is 13.8. The Labute approximate surface area is 115 Å². The summed E-state index contributed by atoms with van der Waals surface area (Å²) < 4.78 is 5.16. The molecule has 104 valence electrons. The van der Waals surface area contributed by atoms with E-state index in [-0.39, 0.29) is 11.7 Å². The van der Waals surface area contributed by atoms with E-state index >= 15 is 0 Å². The summed E-state index contributed by atoms with van der Waals surface area (Å²) in [5, 5.41) is 5.07. The molecular formula is C14H15N3O3. The van der Waals surface area contributed by atoms with Gasteiger partial charge >= 0.3 is 11.7 Å². The predicted molar refractivity (Wildman–Crippen MR) is 75.5 cm³/mol. The third kappa shape index (κ3) is 3.44.